The number of aryl methyl sites for hydroxylation is 1. The Morgan fingerprint density at radius 1 is 1.15 bits per heavy atom. The zero-order valence-corrected chi connectivity index (χ0v) is 15.5. The van der Waals surface area contributed by atoms with Crippen LogP contribution in [0.2, 0.25) is 0 Å². The highest BCUT2D eigenvalue weighted by Crippen LogP contribution is 2.36. The summed E-state index contributed by atoms with van der Waals surface area (Å²) in [6.07, 6.45) is 5.20. The lowest BCUT2D eigenvalue weighted by molar-refractivity contribution is 0.297. The Hall–Kier alpha value is -2.12. The number of hydrogen-bond donors (Lipinski definition) is 0. The minimum atomic E-state index is -3.56. The van der Waals surface area contributed by atoms with E-state index in [0.717, 1.165) is 24.0 Å². The number of ether oxygens (including phenoxy) is 2. The summed E-state index contributed by atoms with van der Waals surface area (Å²) in [5, 5.41) is 0. The SMILES string of the molecule is Cc1ccncc1C1CCN(S(=O)(=O)c2ccc3c(c2)OCCCO3)C1. The van der Waals surface area contributed by atoms with Crippen LogP contribution < -0.4 is 9.47 Å². The molecule has 1 fully saturated rings. The molecule has 1 aromatic heterocycles. The van der Waals surface area contributed by atoms with E-state index in [1.165, 1.54) is 0 Å². The fraction of sp³-hybridized carbons (Fsp3) is 0.421. The van der Waals surface area contributed by atoms with Gasteiger partial charge in [-0.05, 0) is 42.7 Å². The Balaban J connectivity index is 1.58. The fourth-order valence-corrected chi connectivity index (χ4v) is 5.07. The molecule has 26 heavy (non-hydrogen) atoms. The molecule has 2 aromatic rings. The summed E-state index contributed by atoms with van der Waals surface area (Å²) in [6, 6.07) is 6.84. The van der Waals surface area contributed by atoms with Gasteiger partial charge in [0.15, 0.2) is 11.5 Å². The Morgan fingerprint density at radius 2 is 1.96 bits per heavy atom. The van der Waals surface area contributed by atoms with Crippen molar-refractivity contribution in [3.8, 4) is 11.5 Å². The van der Waals surface area contributed by atoms with Crippen LogP contribution in [0, 0.1) is 6.92 Å². The number of pyridine rings is 1. The predicted molar refractivity (Wildman–Crippen MR) is 97.1 cm³/mol. The molecule has 2 aliphatic rings. The van der Waals surface area contributed by atoms with Gasteiger partial charge in [-0.1, -0.05) is 0 Å². The van der Waals surface area contributed by atoms with Crippen molar-refractivity contribution in [2.24, 2.45) is 0 Å². The zero-order chi connectivity index (χ0) is 18.1. The second kappa shape index (κ2) is 6.89. The van der Waals surface area contributed by atoms with Gasteiger partial charge in [0.05, 0.1) is 18.1 Å². The molecule has 3 heterocycles. The van der Waals surface area contributed by atoms with Gasteiger partial charge < -0.3 is 9.47 Å². The van der Waals surface area contributed by atoms with Crippen LogP contribution in [-0.4, -0.2) is 44.0 Å². The summed E-state index contributed by atoms with van der Waals surface area (Å²) in [4.78, 5) is 4.45. The van der Waals surface area contributed by atoms with Crippen molar-refractivity contribution in [2.75, 3.05) is 26.3 Å². The van der Waals surface area contributed by atoms with Gasteiger partial charge >= 0.3 is 0 Å². The highest BCUT2D eigenvalue weighted by molar-refractivity contribution is 7.89. The molecule has 0 saturated carbocycles. The van der Waals surface area contributed by atoms with Gasteiger partial charge in [0.1, 0.15) is 0 Å². The molecule has 1 unspecified atom stereocenters. The smallest absolute Gasteiger partial charge is 0.243 e. The summed E-state index contributed by atoms with van der Waals surface area (Å²) in [5.74, 6) is 1.29. The third-order valence-electron chi connectivity index (χ3n) is 5.03. The van der Waals surface area contributed by atoms with Gasteiger partial charge in [0.2, 0.25) is 10.0 Å². The molecule has 6 nitrogen and oxygen atoms in total. The highest BCUT2D eigenvalue weighted by atomic mass is 32.2. The predicted octanol–water partition coefficient (Wildman–Crippen LogP) is 2.73. The second-order valence-electron chi connectivity index (χ2n) is 6.74. The van der Waals surface area contributed by atoms with E-state index < -0.39 is 10.0 Å². The van der Waals surface area contributed by atoms with Crippen LogP contribution in [0.4, 0.5) is 0 Å². The van der Waals surface area contributed by atoms with Crippen molar-refractivity contribution >= 4 is 10.0 Å². The lowest BCUT2D eigenvalue weighted by Crippen LogP contribution is -2.28. The molecule has 0 spiro atoms. The van der Waals surface area contributed by atoms with Crippen molar-refractivity contribution in [3.63, 3.8) is 0 Å². The molecule has 1 atom stereocenters. The molecule has 1 saturated heterocycles. The largest absolute Gasteiger partial charge is 0.490 e. The van der Waals surface area contributed by atoms with Gasteiger partial charge in [-0.25, -0.2) is 8.42 Å². The lowest BCUT2D eigenvalue weighted by atomic mass is 9.96. The molecule has 7 heteroatoms. The molecule has 138 valence electrons. The van der Waals surface area contributed by atoms with E-state index in [0.29, 0.717) is 37.8 Å². The van der Waals surface area contributed by atoms with Crippen LogP contribution in [0.1, 0.15) is 29.9 Å². The third kappa shape index (κ3) is 3.17. The topological polar surface area (TPSA) is 68.7 Å². The summed E-state index contributed by atoms with van der Waals surface area (Å²) < 4.78 is 38.9. The van der Waals surface area contributed by atoms with E-state index >= 15 is 0 Å². The van der Waals surface area contributed by atoms with Gasteiger partial charge in [-0.3, -0.25) is 4.98 Å². The molecule has 1 aromatic carbocycles. The summed E-state index contributed by atoms with van der Waals surface area (Å²) in [5.41, 5.74) is 2.28. The molecule has 0 amide bonds. The van der Waals surface area contributed by atoms with Crippen LogP contribution in [0.3, 0.4) is 0 Å². The van der Waals surface area contributed by atoms with E-state index in [9.17, 15) is 8.42 Å². The van der Waals surface area contributed by atoms with E-state index in [-0.39, 0.29) is 10.8 Å². The van der Waals surface area contributed by atoms with Crippen molar-refractivity contribution in [1.29, 1.82) is 0 Å². The van der Waals surface area contributed by atoms with Crippen LogP contribution in [0.25, 0.3) is 0 Å². The summed E-state index contributed by atoms with van der Waals surface area (Å²) in [7, 11) is -3.56. The van der Waals surface area contributed by atoms with E-state index in [1.807, 2.05) is 19.2 Å². The first-order chi connectivity index (χ1) is 12.6. The van der Waals surface area contributed by atoms with Gasteiger partial charge in [0, 0.05) is 43.9 Å². The molecule has 0 bridgehead atoms. The number of rotatable bonds is 3. The van der Waals surface area contributed by atoms with Crippen molar-refractivity contribution in [1.82, 2.24) is 9.29 Å². The first kappa shape index (κ1) is 17.3. The number of hydrogen-bond acceptors (Lipinski definition) is 5. The quantitative estimate of drug-likeness (QED) is 0.826. The first-order valence-corrected chi connectivity index (χ1v) is 10.3. The molecular formula is C19H22N2O4S. The molecular weight excluding hydrogens is 352 g/mol. The zero-order valence-electron chi connectivity index (χ0n) is 14.7. The Kier molecular flexibility index (Phi) is 4.58. The number of sulfonamides is 1. The molecule has 0 N–H and O–H groups in total. The van der Waals surface area contributed by atoms with E-state index in [2.05, 4.69) is 4.98 Å². The fourth-order valence-electron chi connectivity index (χ4n) is 3.56. The number of benzene rings is 1. The van der Waals surface area contributed by atoms with Crippen molar-refractivity contribution in [3.05, 3.63) is 47.8 Å². The maximum absolute atomic E-state index is 13.1. The van der Waals surface area contributed by atoms with Crippen molar-refractivity contribution < 1.29 is 17.9 Å². The first-order valence-electron chi connectivity index (χ1n) is 8.86. The maximum atomic E-state index is 13.1. The number of fused-ring (bicyclic) bond motifs is 1. The number of aromatic nitrogens is 1. The average Bonchev–Trinajstić information content (AvgIpc) is 3.02. The monoisotopic (exact) mass is 374 g/mol. The summed E-state index contributed by atoms with van der Waals surface area (Å²) >= 11 is 0. The lowest BCUT2D eigenvalue weighted by Gasteiger charge is -2.18. The minimum absolute atomic E-state index is 0.180. The number of nitrogens with zero attached hydrogens (tertiary/aromatic N) is 2. The molecule has 0 aliphatic carbocycles. The Morgan fingerprint density at radius 3 is 2.77 bits per heavy atom. The normalized spacial score (nSPS) is 20.7. The Labute approximate surface area is 153 Å². The van der Waals surface area contributed by atoms with Gasteiger partial charge in [0.25, 0.3) is 0 Å². The Bertz CT molecular complexity index is 914. The van der Waals surface area contributed by atoms with Gasteiger partial charge in [-0.15, -0.1) is 0 Å². The van der Waals surface area contributed by atoms with Gasteiger partial charge in [-0.2, -0.15) is 4.31 Å². The van der Waals surface area contributed by atoms with Crippen LogP contribution in [0.5, 0.6) is 11.5 Å². The summed E-state index contributed by atoms with van der Waals surface area (Å²) in [6.45, 7) is 4.14. The molecule has 0 radical (unpaired) electrons. The molecule has 4 rings (SSSR count). The van der Waals surface area contributed by atoms with Crippen LogP contribution in [-0.2, 0) is 10.0 Å². The minimum Gasteiger partial charge on any atom is -0.490 e. The van der Waals surface area contributed by atoms with Crippen molar-refractivity contribution in [2.45, 2.75) is 30.6 Å². The van der Waals surface area contributed by atoms with Crippen LogP contribution >= 0.6 is 0 Å². The van der Waals surface area contributed by atoms with E-state index in [4.69, 9.17) is 9.47 Å². The third-order valence-corrected chi connectivity index (χ3v) is 6.89. The molecule has 2 aliphatic heterocycles. The second-order valence-corrected chi connectivity index (χ2v) is 8.68. The average molecular weight is 374 g/mol. The maximum Gasteiger partial charge on any atom is 0.243 e. The van der Waals surface area contributed by atoms with E-state index in [1.54, 1.807) is 28.7 Å². The van der Waals surface area contributed by atoms with Crippen LogP contribution in [0.15, 0.2) is 41.6 Å². The highest BCUT2D eigenvalue weighted by Gasteiger charge is 2.34. The standard InChI is InChI=1S/C19H22N2O4S/c1-14-5-7-20-12-17(14)15-6-8-21(13-15)26(22,23)16-3-4-18-19(11-16)25-10-2-9-24-18/h3-5,7,11-12,15H,2,6,8-10,13H2,1H3.